The van der Waals surface area contributed by atoms with Crippen molar-refractivity contribution < 1.29 is 0 Å². The van der Waals surface area contributed by atoms with E-state index in [0.717, 1.165) is 55.4 Å². The predicted octanol–water partition coefficient (Wildman–Crippen LogP) is 4.64. The van der Waals surface area contributed by atoms with Gasteiger partial charge in [0.2, 0.25) is 0 Å². The Balaban J connectivity index is 2.62. The summed E-state index contributed by atoms with van der Waals surface area (Å²) in [6, 6.07) is 6.11. The van der Waals surface area contributed by atoms with Gasteiger partial charge in [0.05, 0.1) is 10.7 Å². The van der Waals surface area contributed by atoms with Gasteiger partial charge in [0.1, 0.15) is 0 Å². The normalized spacial score (nSPS) is 11.1. The van der Waals surface area contributed by atoms with E-state index in [0.29, 0.717) is 5.88 Å². The first-order valence-electron chi connectivity index (χ1n) is 7.47. The summed E-state index contributed by atoms with van der Waals surface area (Å²) in [7, 11) is 0. The summed E-state index contributed by atoms with van der Waals surface area (Å²) in [5.41, 5.74) is 2.18. The van der Waals surface area contributed by atoms with E-state index in [1.807, 2.05) is 6.07 Å². The van der Waals surface area contributed by atoms with Crippen molar-refractivity contribution in [1.82, 2.24) is 4.90 Å². The monoisotopic (exact) mass is 316 g/mol. The van der Waals surface area contributed by atoms with E-state index in [1.165, 1.54) is 0 Å². The summed E-state index contributed by atoms with van der Waals surface area (Å²) in [6.45, 7) is 12.0. The predicted molar refractivity (Wildman–Crippen MR) is 91.3 cm³/mol. The molecule has 1 aromatic carbocycles. The highest BCUT2D eigenvalue weighted by Crippen LogP contribution is 2.27. The average Bonchev–Trinajstić information content (AvgIpc) is 2.48. The maximum atomic E-state index is 6.37. The quantitative estimate of drug-likeness (QED) is 0.612. The second kappa shape index (κ2) is 9.49. The van der Waals surface area contributed by atoms with Crippen LogP contribution < -0.4 is 4.90 Å². The van der Waals surface area contributed by atoms with Crippen LogP contribution in [0.5, 0.6) is 0 Å². The number of hydrogen-bond acceptors (Lipinski definition) is 2. The minimum atomic E-state index is 0.508. The first-order valence-corrected chi connectivity index (χ1v) is 8.39. The van der Waals surface area contributed by atoms with Gasteiger partial charge in [-0.05, 0) is 50.7 Å². The molecule has 0 saturated carbocycles. The lowest BCUT2D eigenvalue weighted by atomic mass is 10.2. The van der Waals surface area contributed by atoms with Crippen molar-refractivity contribution in [2.45, 2.75) is 33.1 Å². The van der Waals surface area contributed by atoms with Crippen LogP contribution in [0, 0.1) is 0 Å². The third kappa shape index (κ3) is 5.16. The maximum absolute atomic E-state index is 6.37. The Labute approximate surface area is 133 Å². The average molecular weight is 317 g/mol. The number of anilines is 1. The second-order valence-electron chi connectivity index (χ2n) is 4.88. The van der Waals surface area contributed by atoms with Crippen molar-refractivity contribution in [3.05, 3.63) is 28.8 Å². The van der Waals surface area contributed by atoms with E-state index in [2.05, 4.69) is 42.7 Å². The summed E-state index contributed by atoms with van der Waals surface area (Å²) < 4.78 is 0. The van der Waals surface area contributed by atoms with Crippen LogP contribution >= 0.6 is 23.2 Å². The van der Waals surface area contributed by atoms with Crippen LogP contribution in [0.15, 0.2) is 18.2 Å². The van der Waals surface area contributed by atoms with Crippen LogP contribution in [-0.2, 0) is 5.88 Å². The third-order valence-corrected chi connectivity index (χ3v) is 4.30. The largest absolute Gasteiger partial charge is 0.371 e. The molecule has 0 aliphatic carbocycles. The molecule has 0 radical (unpaired) electrons. The van der Waals surface area contributed by atoms with E-state index in [-0.39, 0.29) is 0 Å². The topological polar surface area (TPSA) is 6.48 Å². The molecule has 4 heteroatoms. The highest BCUT2D eigenvalue weighted by Gasteiger charge is 2.09. The van der Waals surface area contributed by atoms with Crippen LogP contribution in [-0.4, -0.2) is 37.6 Å². The Kier molecular flexibility index (Phi) is 8.35. The fraction of sp³-hybridized carbons (Fsp3) is 0.625. The molecule has 0 heterocycles. The Bertz CT molecular complexity index is 392. The van der Waals surface area contributed by atoms with Gasteiger partial charge in [-0.3, -0.25) is 0 Å². The van der Waals surface area contributed by atoms with Crippen LogP contribution in [0.4, 0.5) is 5.69 Å². The molecule has 1 rings (SSSR count). The van der Waals surface area contributed by atoms with Crippen LogP contribution in [0.1, 0.15) is 32.8 Å². The van der Waals surface area contributed by atoms with Crippen molar-refractivity contribution in [3.63, 3.8) is 0 Å². The first kappa shape index (κ1) is 17.6. The zero-order chi connectivity index (χ0) is 15.0. The summed E-state index contributed by atoms with van der Waals surface area (Å²) >= 11 is 12.2. The van der Waals surface area contributed by atoms with E-state index >= 15 is 0 Å². The van der Waals surface area contributed by atoms with Gasteiger partial charge in [-0.15, -0.1) is 11.6 Å². The molecule has 0 aliphatic heterocycles. The SMILES string of the molecule is CCN(CC)CCCN(CC)c1ccc(CCl)cc1Cl. The lowest BCUT2D eigenvalue weighted by molar-refractivity contribution is 0.301. The minimum Gasteiger partial charge on any atom is -0.371 e. The zero-order valence-electron chi connectivity index (χ0n) is 12.8. The third-order valence-electron chi connectivity index (χ3n) is 3.69. The number of nitrogens with zero attached hydrogens (tertiary/aromatic N) is 2. The van der Waals surface area contributed by atoms with E-state index in [4.69, 9.17) is 23.2 Å². The van der Waals surface area contributed by atoms with Crippen molar-refractivity contribution in [2.24, 2.45) is 0 Å². The lowest BCUT2D eigenvalue weighted by Crippen LogP contribution is -2.30. The smallest absolute Gasteiger partial charge is 0.0642 e. The Morgan fingerprint density at radius 1 is 1.00 bits per heavy atom. The van der Waals surface area contributed by atoms with Gasteiger partial charge in [0.25, 0.3) is 0 Å². The first-order chi connectivity index (χ1) is 9.65. The van der Waals surface area contributed by atoms with E-state index in [9.17, 15) is 0 Å². The fourth-order valence-electron chi connectivity index (χ4n) is 2.36. The zero-order valence-corrected chi connectivity index (χ0v) is 14.3. The van der Waals surface area contributed by atoms with Gasteiger partial charge in [0, 0.05) is 19.0 Å². The molecule has 0 aliphatic rings. The van der Waals surface area contributed by atoms with Gasteiger partial charge in [-0.2, -0.15) is 0 Å². The van der Waals surface area contributed by atoms with Crippen LogP contribution in [0.3, 0.4) is 0 Å². The second-order valence-corrected chi connectivity index (χ2v) is 5.55. The van der Waals surface area contributed by atoms with E-state index in [1.54, 1.807) is 0 Å². The standard InChI is InChI=1S/C16H26Cl2N2/c1-4-19(5-2)10-7-11-20(6-3)16-9-8-14(13-17)12-15(16)18/h8-9,12H,4-7,10-11,13H2,1-3H3. The highest BCUT2D eigenvalue weighted by molar-refractivity contribution is 6.33. The molecule has 114 valence electrons. The number of rotatable bonds is 9. The molecule has 2 nitrogen and oxygen atoms in total. The van der Waals surface area contributed by atoms with Crippen LogP contribution in [0.25, 0.3) is 0 Å². The molecule has 0 amide bonds. The lowest BCUT2D eigenvalue weighted by Gasteiger charge is -2.26. The Morgan fingerprint density at radius 3 is 2.20 bits per heavy atom. The minimum absolute atomic E-state index is 0.508. The number of alkyl halides is 1. The number of halogens is 2. The Hall–Kier alpha value is -0.440. The van der Waals surface area contributed by atoms with Gasteiger partial charge in [-0.25, -0.2) is 0 Å². The summed E-state index contributed by atoms with van der Waals surface area (Å²) in [4.78, 5) is 4.79. The number of benzene rings is 1. The van der Waals surface area contributed by atoms with Crippen molar-refractivity contribution in [1.29, 1.82) is 0 Å². The van der Waals surface area contributed by atoms with Crippen molar-refractivity contribution in [2.75, 3.05) is 37.6 Å². The van der Waals surface area contributed by atoms with Crippen molar-refractivity contribution >= 4 is 28.9 Å². The highest BCUT2D eigenvalue weighted by atomic mass is 35.5. The van der Waals surface area contributed by atoms with Crippen molar-refractivity contribution in [3.8, 4) is 0 Å². The molecule has 0 spiro atoms. The van der Waals surface area contributed by atoms with Gasteiger partial charge in [-0.1, -0.05) is 31.5 Å². The van der Waals surface area contributed by atoms with Gasteiger partial charge >= 0.3 is 0 Å². The summed E-state index contributed by atoms with van der Waals surface area (Å²) in [5.74, 6) is 0.508. The van der Waals surface area contributed by atoms with Gasteiger partial charge < -0.3 is 9.80 Å². The molecular formula is C16H26Cl2N2. The summed E-state index contributed by atoms with van der Waals surface area (Å²) in [6.07, 6.45) is 1.16. The molecule has 0 atom stereocenters. The Morgan fingerprint density at radius 2 is 1.70 bits per heavy atom. The number of hydrogen-bond donors (Lipinski definition) is 0. The maximum Gasteiger partial charge on any atom is 0.0642 e. The molecule has 1 aromatic rings. The van der Waals surface area contributed by atoms with Crippen LogP contribution in [0.2, 0.25) is 5.02 Å². The molecule has 0 bridgehead atoms. The molecule has 0 N–H and O–H groups in total. The fourth-order valence-corrected chi connectivity index (χ4v) is 2.85. The molecular weight excluding hydrogens is 291 g/mol. The molecule has 0 aromatic heterocycles. The van der Waals surface area contributed by atoms with Gasteiger partial charge in [0.15, 0.2) is 0 Å². The molecule has 0 fully saturated rings. The molecule has 0 saturated heterocycles. The molecule has 20 heavy (non-hydrogen) atoms. The van der Waals surface area contributed by atoms with E-state index < -0.39 is 0 Å². The molecule has 0 unspecified atom stereocenters. The summed E-state index contributed by atoms with van der Waals surface area (Å²) in [5, 5.41) is 0.799.